The lowest BCUT2D eigenvalue weighted by molar-refractivity contribution is -0.457. The van der Waals surface area contributed by atoms with E-state index in [2.05, 4.69) is 25.5 Å². The van der Waals surface area contributed by atoms with Gasteiger partial charge in [0.25, 0.3) is 0 Å². The average Bonchev–Trinajstić information content (AvgIpc) is 3.44. The summed E-state index contributed by atoms with van der Waals surface area (Å²) in [5.74, 6) is 2.57. The molecule has 4 fully saturated rings. The van der Waals surface area contributed by atoms with Crippen LogP contribution in [0.1, 0.15) is 182 Å². The molecule has 2 nitrogen and oxygen atoms in total. The molecule has 0 spiro atoms. The normalized spacial score (nSPS) is 32.6. The van der Waals surface area contributed by atoms with Gasteiger partial charge in [-0.25, -0.2) is 0 Å². The zero-order chi connectivity index (χ0) is 39.8. The van der Waals surface area contributed by atoms with Gasteiger partial charge in [0.05, 0.1) is 6.10 Å². The number of hydrogen-bond donors (Lipinski definition) is 0. The maximum Gasteiger partial charge on any atom is 0.435 e. The van der Waals surface area contributed by atoms with Crippen molar-refractivity contribution in [1.29, 1.82) is 0 Å². The molecule has 0 aromatic heterocycles. The van der Waals surface area contributed by atoms with E-state index in [4.69, 9.17) is 4.74 Å². The van der Waals surface area contributed by atoms with Crippen molar-refractivity contribution in [2.24, 2.45) is 46.3 Å². The molecule has 9 unspecified atom stereocenters. The monoisotopic (exact) mass is 791 g/mol. The molecule has 4 aliphatic rings. The van der Waals surface area contributed by atoms with Crippen LogP contribution >= 0.6 is 0 Å². The fourth-order valence-electron chi connectivity index (χ4n) is 12.3. The minimum Gasteiger partial charge on any atom is -0.378 e. The molecule has 0 bridgehead atoms. The van der Waals surface area contributed by atoms with E-state index in [1.54, 1.807) is 0 Å². The van der Waals surface area contributed by atoms with Crippen LogP contribution in [0.3, 0.4) is 0 Å². The smallest absolute Gasteiger partial charge is 0.378 e. The van der Waals surface area contributed by atoms with Crippen molar-refractivity contribution in [3.63, 3.8) is 0 Å². The van der Waals surface area contributed by atoms with Crippen LogP contribution in [0.25, 0.3) is 0 Å². The Morgan fingerprint density at radius 3 is 1.65 bits per heavy atom. The van der Waals surface area contributed by atoms with E-state index in [1.807, 2.05) is 6.92 Å². The molecule has 0 aliphatic heterocycles. The maximum absolute atomic E-state index is 13.3. The van der Waals surface area contributed by atoms with Gasteiger partial charge in [-0.15, -0.1) is 0 Å². The highest BCUT2D eigenvalue weighted by atomic mass is 19.4. The van der Waals surface area contributed by atoms with E-state index in [0.717, 1.165) is 51.6 Å². The summed E-state index contributed by atoms with van der Waals surface area (Å²) >= 11 is 0. The first kappa shape index (κ1) is 46.0. The Balaban J connectivity index is 1.18. The predicted octanol–water partition coefficient (Wildman–Crippen LogP) is 15.0. The van der Waals surface area contributed by atoms with Gasteiger partial charge in [0, 0.05) is 13.2 Å². The summed E-state index contributed by atoms with van der Waals surface area (Å²) in [4.78, 5) is 0. The summed E-state index contributed by atoms with van der Waals surface area (Å²) in [5, 5.41) is 0. The molecule has 4 saturated carbocycles. The summed E-state index contributed by atoms with van der Waals surface area (Å²) < 4.78 is 130. The van der Waals surface area contributed by atoms with Gasteiger partial charge in [0.2, 0.25) is 0 Å². The molecule has 0 saturated heterocycles. The summed E-state index contributed by atoms with van der Waals surface area (Å²) in [6.07, 6.45) is 7.51. The maximum atomic E-state index is 13.3. The van der Waals surface area contributed by atoms with Crippen molar-refractivity contribution in [2.75, 3.05) is 13.2 Å². The second-order valence-corrected chi connectivity index (χ2v) is 18.5. The molecule has 0 aromatic rings. The van der Waals surface area contributed by atoms with Gasteiger partial charge in [0.15, 0.2) is 0 Å². The molecule has 54 heavy (non-hydrogen) atoms. The Bertz CT molecular complexity index is 1070. The molecule has 318 valence electrons. The van der Waals surface area contributed by atoms with Crippen molar-refractivity contribution in [3.05, 3.63) is 0 Å². The minimum absolute atomic E-state index is 0.00645. The number of rotatable bonds is 21. The van der Waals surface area contributed by atoms with E-state index in [1.165, 1.54) is 96.3 Å². The summed E-state index contributed by atoms with van der Waals surface area (Å²) in [5.41, 5.74) is -5.90. The number of fused-ring (bicyclic) bond motifs is 5. The fraction of sp³-hybridized carbons (Fsp3) is 1.00. The van der Waals surface area contributed by atoms with Gasteiger partial charge in [-0.1, -0.05) is 105 Å². The first-order valence-corrected chi connectivity index (χ1v) is 21.8. The highest BCUT2D eigenvalue weighted by Crippen LogP contribution is 2.68. The molecule has 11 heteroatoms. The second kappa shape index (κ2) is 19.4. The SMILES string of the molecule is CCCCCCCCCCCCCCCOC1CCC2(C)C(CCC3C2CCC2(C)C(C(C)CCCOC(C(F)(F)F)(C(F)(F)F)C(F)(F)F)CCC32)C1. The van der Waals surface area contributed by atoms with E-state index in [-0.39, 0.29) is 35.5 Å². The number of ether oxygens (including phenoxy) is 2. The molecule has 0 radical (unpaired) electrons. The van der Waals surface area contributed by atoms with E-state index in [0.29, 0.717) is 29.8 Å². The molecule has 9 atom stereocenters. The summed E-state index contributed by atoms with van der Waals surface area (Å²) in [7, 11) is 0. The van der Waals surface area contributed by atoms with Crippen LogP contribution in [0.4, 0.5) is 39.5 Å². The van der Waals surface area contributed by atoms with E-state index in [9.17, 15) is 39.5 Å². The first-order chi connectivity index (χ1) is 25.3. The quantitative estimate of drug-likeness (QED) is 0.0852. The van der Waals surface area contributed by atoms with Crippen molar-refractivity contribution in [2.45, 2.75) is 212 Å². The van der Waals surface area contributed by atoms with Crippen LogP contribution in [-0.4, -0.2) is 43.4 Å². The van der Waals surface area contributed by atoms with Crippen LogP contribution in [0, 0.1) is 46.3 Å². The third kappa shape index (κ3) is 10.3. The van der Waals surface area contributed by atoms with Crippen molar-refractivity contribution in [3.8, 4) is 0 Å². The first-order valence-electron chi connectivity index (χ1n) is 21.8. The third-order valence-electron chi connectivity index (χ3n) is 15.3. The lowest BCUT2D eigenvalue weighted by Gasteiger charge is -2.61. The van der Waals surface area contributed by atoms with Crippen molar-refractivity contribution < 1.29 is 49.0 Å². The van der Waals surface area contributed by atoms with Crippen LogP contribution in [-0.2, 0) is 9.47 Å². The Morgan fingerprint density at radius 2 is 1.09 bits per heavy atom. The van der Waals surface area contributed by atoms with Gasteiger partial charge >= 0.3 is 24.1 Å². The molecule has 0 aromatic carbocycles. The lowest BCUT2D eigenvalue weighted by atomic mass is 9.44. The number of unbranched alkanes of at least 4 members (excludes halogenated alkanes) is 12. The number of hydrogen-bond acceptors (Lipinski definition) is 2. The zero-order valence-electron chi connectivity index (χ0n) is 33.6. The molecule has 0 heterocycles. The fourth-order valence-corrected chi connectivity index (χ4v) is 12.3. The van der Waals surface area contributed by atoms with Gasteiger partial charge in [-0.05, 0) is 123 Å². The van der Waals surface area contributed by atoms with Gasteiger partial charge in [-0.2, -0.15) is 39.5 Å². The molecule has 4 aliphatic carbocycles. The van der Waals surface area contributed by atoms with Gasteiger partial charge in [0.1, 0.15) is 0 Å². The predicted molar refractivity (Wildman–Crippen MR) is 196 cm³/mol. The minimum atomic E-state index is -6.69. The Labute approximate surface area is 320 Å². The molecule has 4 rings (SSSR count). The van der Waals surface area contributed by atoms with Crippen LogP contribution in [0.5, 0.6) is 0 Å². The summed E-state index contributed by atoms with van der Waals surface area (Å²) in [6, 6.07) is 0. The largest absolute Gasteiger partial charge is 0.435 e. The highest BCUT2D eigenvalue weighted by Gasteiger charge is 2.85. The van der Waals surface area contributed by atoms with Crippen molar-refractivity contribution >= 4 is 0 Å². The lowest BCUT2D eigenvalue weighted by Crippen LogP contribution is -2.67. The molecule has 0 amide bonds. The third-order valence-corrected chi connectivity index (χ3v) is 15.3. The summed E-state index contributed by atoms with van der Waals surface area (Å²) in [6.45, 7) is 8.63. The number of alkyl halides is 9. The van der Waals surface area contributed by atoms with Gasteiger partial charge in [-0.3, -0.25) is 0 Å². The van der Waals surface area contributed by atoms with E-state index < -0.39 is 30.7 Å². The average molecular weight is 791 g/mol. The molecular weight excluding hydrogens is 719 g/mol. The Morgan fingerprint density at radius 1 is 0.574 bits per heavy atom. The van der Waals surface area contributed by atoms with Crippen molar-refractivity contribution in [1.82, 2.24) is 0 Å². The molecule has 0 N–H and O–H groups in total. The number of halogens is 9. The van der Waals surface area contributed by atoms with Gasteiger partial charge < -0.3 is 9.47 Å². The topological polar surface area (TPSA) is 18.5 Å². The Kier molecular flexibility index (Phi) is 16.5. The zero-order valence-corrected chi connectivity index (χ0v) is 33.6. The Hall–Kier alpha value is -0.710. The van der Waals surface area contributed by atoms with Crippen LogP contribution in [0.2, 0.25) is 0 Å². The highest BCUT2D eigenvalue weighted by molar-refractivity contribution is 5.10. The van der Waals surface area contributed by atoms with Crippen LogP contribution < -0.4 is 0 Å². The second-order valence-electron chi connectivity index (χ2n) is 18.5. The van der Waals surface area contributed by atoms with Crippen LogP contribution in [0.15, 0.2) is 0 Å². The molecular formula is C43H71F9O2. The standard InChI is InChI=1S/C43H71F9O2/c1-5-6-7-8-9-10-11-12-13-14-15-16-17-28-53-33-24-26-38(3)32(30-33)20-21-34-36-23-22-35(39(36,4)27-25-37(34)38)31(2)19-18-29-54-40(41(44,45)46,42(47,48)49)43(50,51)52/h31-37H,5-30H2,1-4H3. The van der Waals surface area contributed by atoms with E-state index >= 15 is 0 Å².